The number of ether oxygens (including phenoxy) is 1. The van der Waals surface area contributed by atoms with E-state index in [1.165, 1.54) is 7.11 Å². The molecule has 0 amide bonds. The van der Waals surface area contributed by atoms with Crippen molar-refractivity contribution in [3.05, 3.63) is 59.2 Å². The van der Waals surface area contributed by atoms with Crippen molar-refractivity contribution in [3.8, 4) is 0 Å². The molecule has 1 saturated carbocycles. The fourth-order valence-corrected chi connectivity index (χ4v) is 3.16. The zero-order valence-corrected chi connectivity index (χ0v) is 14.8. The average molecular weight is 348 g/mol. The summed E-state index contributed by atoms with van der Waals surface area (Å²) < 4.78 is 4.87. The molecule has 0 bridgehead atoms. The summed E-state index contributed by atoms with van der Waals surface area (Å²) in [6.45, 7) is 2.58. The Labute approximate surface area is 151 Å². The summed E-state index contributed by atoms with van der Waals surface area (Å²) in [5.41, 5.74) is 4.33. The van der Waals surface area contributed by atoms with E-state index in [9.17, 15) is 4.79 Å². The van der Waals surface area contributed by atoms with Crippen LogP contribution in [0, 0.1) is 6.92 Å². The number of anilines is 1. The minimum atomic E-state index is -0.323. The fraction of sp³-hybridized carbons (Fsp3) is 0.300. The van der Waals surface area contributed by atoms with Gasteiger partial charge in [-0.25, -0.2) is 14.8 Å². The van der Waals surface area contributed by atoms with E-state index < -0.39 is 0 Å². The van der Waals surface area contributed by atoms with Crippen molar-refractivity contribution in [1.29, 1.82) is 0 Å². The van der Waals surface area contributed by atoms with Crippen LogP contribution in [-0.4, -0.2) is 28.0 Å². The number of hydrogen-bond donors (Lipinski definition) is 1. The molecule has 2 heterocycles. The smallest absolute Gasteiger partial charge is 0.339 e. The van der Waals surface area contributed by atoms with Gasteiger partial charge in [0.05, 0.1) is 36.1 Å². The molecule has 4 rings (SSSR count). The van der Waals surface area contributed by atoms with Gasteiger partial charge in [-0.15, -0.1) is 0 Å². The van der Waals surface area contributed by atoms with Crippen LogP contribution < -0.4 is 5.32 Å². The maximum atomic E-state index is 11.9. The Morgan fingerprint density at radius 3 is 2.85 bits per heavy atom. The molecule has 0 aliphatic heterocycles. The Morgan fingerprint density at radius 1 is 1.23 bits per heavy atom. The number of hydrogen-bond acceptors (Lipinski definition) is 6. The summed E-state index contributed by atoms with van der Waals surface area (Å²) in [4.78, 5) is 25.4. The molecule has 0 spiro atoms. The maximum Gasteiger partial charge on any atom is 0.339 e. The number of nitrogens with one attached hydrogen (secondary N) is 1. The number of carbonyl (C=O) groups excluding carboxylic acids is 1. The molecule has 0 unspecified atom stereocenters. The third kappa shape index (κ3) is 3.10. The quantitative estimate of drug-likeness (QED) is 0.710. The van der Waals surface area contributed by atoms with Crippen LogP contribution in [0.2, 0.25) is 0 Å². The average Bonchev–Trinajstić information content (AvgIpc) is 3.51. The second-order valence-corrected chi connectivity index (χ2v) is 6.55. The molecule has 132 valence electrons. The van der Waals surface area contributed by atoms with E-state index in [1.54, 1.807) is 6.33 Å². The molecule has 6 heteroatoms. The maximum absolute atomic E-state index is 11.9. The van der Waals surface area contributed by atoms with Crippen LogP contribution in [0.15, 0.2) is 36.7 Å². The lowest BCUT2D eigenvalue weighted by Gasteiger charge is -2.12. The molecular formula is C20H20N4O2. The van der Waals surface area contributed by atoms with Crippen LogP contribution in [0.25, 0.3) is 10.9 Å². The van der Waals surface area contributed by atoms with Gasteiger partial charge in [-0.3, -0.25) is 4.98 Å². The molecule has 3 aromatic rings. The van der Waals surface area contributed by atoms with Crippen molar-refractivity contribution in [3.63, 3.8) is 0 Å². The van der Waals surface area contributed by atoms with Crippen LogP contribution in [0.5, 0.6) is 0 Å². The first kappa shape index (κ1) is 16.4. The molecule has 0 radical (unpaired) electrons. The van der Waals surface area contributed by atoms with E-state index in [4.69, 9.17) is 9.72 Å². The van der Waals surface area contributed by atoms with Crippen molar-refractivity contribution >= 4 is 22.7 Å². The van der Waals surface area contributed by atoms with E-state index >= 15 is 0 Å². The van der Waals surface area contributed by atoms with Gasteiger partial charge in [0.15, 0.2) is 0 Å². The summed E-state index contributed by atoms with van der Waals surface area (Å²) in [6.07, 6.45) is 3.71. The van der Waals surface area contributed by atoms with Crippen molar-refractivity contribution in [2.75, 3.05) is 12.4 Å². The van der Waals surface area contributed by atoms with Gasteiger partial charge < -0.3 is 10.1 Å². The zero-order valence-electron chi connectivity index (χ0n) is 14.8. The topological polar surface area (TPSA) is 77.0 Å². The highest BCUT2D eigenvalue weighted by molar-refractivity contribution is 5.92. The number of carbonyl (C=O) groups is 1. The van der Waals surface area contributed by atoms with Crippen LogP contribution in [-0.2, 0) is 11.3 Å². The van der Waals surface area contributed by atoms with E-state index in [0.717, 1.165) is 46.5 Å². The predicted molar refractivity (Wildman–Crippen MR) is 99.2 cm³/mol. The van der Waals surface area contributed by atoms with Crippen LogP contribution >= 0.6 is 0 Å². The van der Waals surface area contributed by atoms with Gasteiger partial charge in [0.25, 0.3) is 0 Å². The summed E-state index contributed by atoms with van der Waals surface area (Å²) in [6, 6.07) is 9.69. The minimum absolute atomic E-state index is 0.323. The SMILES string of the molecule is COC(=O)c1ccc(CNc2ncnc3cccc(C)c23)nc1C1CC1. The number of benzene rings is 1. The summed E-state index contributed by atoms with van der Waals surface area (Å²) in [5.74, 6) is 0.836. The molecule has 26 heavy (non-hydrogen) atoms. The lowest BCUT2D eigenvalue weighted by Crippen LogP contribution is -2.11. The third-order valence-electron chi connectivity index (χ3n) is 4.66. The summed E-state index contributed by atoms with van der Waals surface area (Å²) in [7, 11) is 1.40. The Morgan fingerprint density at radius 2 is 2.08 bits per heavy atom. The normalized spacial score (nSPS) is 13.6. The van der Waals surface area contributed by atoms with Crippen LogP contribution in [0.1, 0.15) is 46.1 Å². The number of methoxy groups -OCH3 is 1. The van der Waals surface area contributed by atoms with Crippen LogP contribution in [0.3, 0.4) is 0 Å². The van der Waals surface area contributed by atoms with E-state index in [2.05, 4.69) is 15.3 Å². The molecule has 2 aromatic heterocycles. The van der Waals surface area contributed by atoms with Crippen molar-refractivity contribution in [2.45, 2.75) is 32.2 Å². The molecule has 0 atom stereocenters. The summed E-state index contributed by atoms with van der Waals surface area (Å²) >= 11 is 0. The van der Waals surface area contributed by atoms with Gasteiger partial charge in [0.1, 0.15) is 12.1 Å². The minimum Gasteiger partial charge on any atom is -0.465 e. The number of esters is 1. The van der Waals surface area contributed by atoms with Crippen LogP contribution in [0.4, 0.5) is 5.82 Å². The third-order valence-corrected chi connectivity index (χ3v) is 4.66. The molecule has 6 nitrogen and oxygen atoms in total. The number of aryl methyl sites for hydroxylation is 1. The Kier molecular flexibility index (Phi) is 4.24. The Balaban J connectivity index is 1.61. The van der Waals surface area contributed by atoms with Crippen molar-refractivity contribution in [2.24, 2.45) is 0 Å². The van der Waals surface area contributed by atoms with Gasteiger partial charge in [0, 0.05) is 11.3 Å². The first-order valence-corrected chi connectivity index (χ1v) is 8.69. The molecule has 1 aliphatic carbocycles. The Hall–Kier alpha value is -3.02. The highest BCUT2D eigenvalue weighted by Crippen LogP contribution is 2.40. The molecule has 1 N–H and O–H groups in total. The molecule has 1 aromatic carbocycles. The lowest BCUT2D eigenvalue weighted by molar-refractivity contribution is 0.0598. The van der Waals surface area contributed by atoms with E-state index in [0.29, 0.717) is 18.0 Å². The number of rotatable bonds is 5. The van der Waals surface area contributed by atoms with Crippen molar-refractivity contribution < 1.29 is 9.53 Å². The van der Waals surface area contributed by atoms with Gasteiger partial charge in [-0.1, -0.05) is 12.1 Å². The first-order valence-electron chi connectivity index (χ1n) is 8.69. The van der Waals surface area contributed by atoms with E-state index in [1.807, 2.05) is 37.3 Å². The molecule has 1 aliphatic rings. The van der Waals surface area contributed by atoms with Crippen molar-refractivity contribution in [1.82, 2.24) is 15.0 Å². The second kappa shape index (κ2) is 6.71. The lowest BCUT2D eigenvalue weighted by atomic mass is 10.1. The molecule has 1 fully saturated rings. The Bertz CT molecular complexity index is 977. The zero-order chi connectivity index (χ0) is 18.1. The van der Waals surface area contributed by atoms with Gasteiger partial charge in [-0.2, -0.15) is 0 Å². The standard InChI is InChI=1S/C20H20N4O2/c1-12-4-3-5-16-17(12)19(23-11-22-16)21-10-14-8-9-15(20(25)26-2)18(24-14)13-6-7-13/h3-5,8-9,11,13H,6-7,10H2,1-2H3,(H,21,22,23). The number of aromatic nitrogens is 3. The number of pyridine rings is 1. The van der Waals surface area contributed by atoms with Gasteiger partial charge in [0.2, 0.25) is 0 Å². The largest absolute Gasteiger partial charge is 0.465 e. The fourth-order valence-electron chi connectivity index (χ4n) is 3.16. The van der Waals surface area contributed by atoms with Gasteiger partial charge in [-0.05, 0) is 43.5 Å². The molecule has 0 saturated heterocycles. The first-order chi connectivity index (χ1) is 12.7. The second-order valence-electron chi connectivity index (χ2n) is 6.55. The monoisotopic (exact) mass is 348 g/mol. The summed E-state index contributed by atoms with van der Waals surface area (Å²) in [5, 5.41) is 4.38. The highest BCUT2D eigenvalue weighted by Gasteiger charge is 2.30. The highest BCUT2D eigenvalue weighted by atomic mass is 16.5. The number of nitrogens with zero attached hydrogens (tertiary/aromatic N) is 3. The number of fused-ring (bicyclic) bond motifs is 1. The van der Waals surface area contributed by atoms with E-state index in [-0.39, 0.29) is 5.97 Å². The predicted octanol–water partition coefficient (Wildman–Crippen LogP) is 3.61. The van der Waals surface area contributed by atoms with Gasteiger partial charge >= 0.3 is 5.97 Å². The molecular weight excluding hydrogens is 328 g/mol.